The number of ether oxygens (including phenoxy) is 2. The molecule has 2 aromatic heterocycles. The molecule has 0 unspecified atom stereocenters. The Bertz CT molecular complexity index is 1060. The first-order valence-corrected chi connectivity index (χ1v) is 10.1. The first kappa shape index (κ1) is 18.6. The number of amides is 1. The second-order valence-corrected chi connectivity index (χ2v) is 8.16. The molecule has 1 aliphatic rings. The van der Waals surface area contributed by atoms with E-state index in [-0.39, 0.29) is 5.91 Å². The summed E-state index contributed by atoms with van der Waals surface area (Å²) in [5.41, 5.74) is 9.77. The molecule has 4 rings (SSSR count). The molecule has 28 heavy (non-hydrogen) atoms. The number of hydrogen-bond donors (Lipinski definition) is 2. The molecule has 6 nitrogen and oxygen atoms in total. The van der Waals surface area contributed by atoms with E-state index in [2.05, 4.69) is 18.3 Å². The maximum Gasteiger partial charge on any atom is 0.268 e. The third-order valence-electron chi connectivity index (χ3n) is 5.20. The van der Waals surface area contributed by atoms with Gasteiger partial charge < -0.3 is 20.5 Å². The van der Waals surface area contributed by atoms with Gasteiger partial charge in [0, 0.05) is 17.1 Å². The van der Waals surface area contributed by atoms with Crippen LogP contribution in [0.4, 0.5) is 11.4 Å². The largest absolute Gasteiger partial charge is 0.497 e. The van der Waals surface area contributed by atoms with Crippen molar-refractivity contribution in [1.29, 1.82) is 0 Å². The van der Waals surface area contributed by atoms with Gasteiger partial charge in [-0.15, -0.1) is 11.3 Å². The Labute approximate surface area is 167 Å². The fourth-order valence-electron chi connectivity index (χ4n) is 3.62. The van der Waals surface area contributed by atoms with Crippen molar-refractivity contribution in [3.05, 3.63) is 40.4 Å². The minimum absolute atomic E-state index is 0.268. The second-order valence-electron chi connectivity index (χ2n) is 7.16. The van der Waals surface area contributed by atoms with Crippen molar-refractivity contribution in [2.45, 2.75) is 26.2 Å². The summed E-state index contributed by atoms with van der Waals surface area (Å²) in [4.78, 5) is 19.0. The van der Waals surface area contributed by atoms with E-state index >= 15 is 0 Å². The Hall–Kier alpha value is -2.80. The van der Waals surface area contributed by atoms with Crippen molar-refractivity contribution in [2.75, 3.05) is 25.3 Å². The molecule has 146 valence electrons. The molecular weight excluding hydrogens is 374 g/mol. The zero-order valence-electron chi connectivity index (χ0n) is 16.2. The zero-order chi connectivity index (χ0) is 19.8. The van der Waals surface area contributed by atoms with E-state index in [1.54, 1.807) is 32.4 Å². The van der Waals surface area contributed by atoms with Crippen molar-refractivity contribution in [3.8, 4) is 11.5 Å². The Kier molecular flexibility index (Phi) is 4.85. The van der Waals surface area contributed by atoms with Crippen LogP contribution in [-0.4, -0.2) is 25.1 Å². The van der Waals surface area contributed by atoms with E-state index in [0.29, 0.717) is 33.7 Å². The molecule has 0 spiro atoms. The van der Waals surface area contributed by atoms with Crippen LogP contribution in [0, 0.1) is 5.92 Å². The fraction of sp³-hybridized carbons (Fsp3) is 0.333. The van der Waals surface area contributed by atoms with Crippen LogP contribution in [0.2, 0.25) is 0 Å². The van der Waals surface area contributed by atoms with Crippen LogP contribution in [-0.2, 0) is 12.8 Å². The molecule has 2 heterocycles. The third-order valence-corrected chi connectivity index (χ3v) is 6.31. The Balaban J connectivity index is 1.67. The summed E-state index contributed by atoms with van der Waals surface area (Å²) < 4.78 is 10.6. The number of nitrogens with one attached hydrogen (secondary N) is 1. The molecule has 1 aliphatic carbocycles. The first-order valence-electron chi connectivity index (χ1n) is 9.24. The summed E-state index contributed by atoms with van der Waals surface area (Å²) in [6, 6.07) is 7.35. The minimum Gasteiger partial charge on any atom is -0.497 e. The van der Waals surface area contributed by atoms with Crippen molar-refractivity contribution in [3.63, 3.8) is 0 Å². The highest BCUT2D eigenvalue weighted by atomic mass is 32.1. The van der Waals surface area contributed by atoms with Gasteiger partial charge in [-0.05, 0) is 48.9 Å². The lowest BCUT2D eigenvalue weighted by atomic mass is 9.87. The SMILES string of the molecule is COc1ccc(NC(=O)c2sc3nc4c(cc3c2N)C[C@@H](C)CC4)c(OC)c1. The molecule has 0 saturated carbocycles. The van der Waals surface area contributed by atoms with Gasteiger partial charge in [-0.25, -0.2) is 4.98 Å². The normalized spacial score (nSPS) is 15.9. The Morgan fingerprint density at radius 2 is 2.11 bits per heavy atom. The highest BCUT2D eigenvalue weighted by Gasteiger charge is 2.23. The minimum atomic E-state index is -0.268. The number of pyridine rings is 1. The monoisotopic (exact) mass is 397 g/mol. The smallest absolute Gasteiger partial charge is 0.268 e. The maximum atomic E-state index is 12.9. The number of aryl methyl sites for hydroxylation is 1. The van der Waals surface area contributed by atoms with Gasteiger partial charge in [0.05, 0.1) is 25.6 Å². The van der Waals surface area contributed by atoms with Crippen LogP contribution in [0.25, 0.3) is 10.2 Å². The topological polar surface area (TPSA) is 86.5 Å². The van der Waals surface area contributed by atoms with E-state index < -0.39 is 0 Å². The standard InChI is InChI=1S/C21H23N3O3S/c1-11-4-6-15-12(8-11)9-14-18(22)19(28-21(14)24-15)20(25)23-16-7-5-13(26-2)10-17(16)27-3/h5,7,9-11H,4,6,8,22H2,1-3H3,(H,23,25)/t11-/m0/s1. The van der Waals surface area contributed by atoms with Gasteiger partial charge in [-0.1, -0.05) is 6.92 Å². The molecule has 3 N–H and O–H groups in total. The number of carbonyl (C=O) groups is 1. The first-order chi connectivity index (χ1) is 13.5. The molecule has 7 heteroatoms. The van der Waals surface area contributed by atoms with Crippen molar-refractivity contribution >= 4 is 38.8 Å². The maximum absolute atomic E-state index is 12.9. The third kappa shape index (κ3) is 3.26. The quantitative estimate of drug-likeness (QED) is 0.686. The van der Waals surface area contributed by atoms with Gasteiger partial charge in [0.2, 0.25) is 0 Å². The van der Waals surface area contributed by atoms with Crippen LogP contribution in [0.15, 0.2) is 24.3 Å². The van der Waals surface area contributed by atoms with Crippen molar-refractivity contribution < 1.29 is 14.3 Å². The highest BCUT2D eigenvalue weighted by Crippen LogP contribution is 2.37. The second kappa shape index (κ2) is 7.31. The van der Waals surface area contributed by atoms with Gasteiger partial charge in [0.1, 0.15) is 21.2 Å². The van der Waals surface area contributed by atoms with Crippen molar-refractivity contribution in [2.24, 2.45) is 5.92 Å². The zero-order valence-corrected chi connectivity index (χ0v) is 17.0. The van der Waals surface area contributed by atoms with Gasteiger partial charge in [-0.2, -0.15) is 0 Å². The average Bonchev–Trinajstić information content (AvgIpc) is 3.02. The molecule has 3 aromatic rings. The van der Waals surface area contributed by atoms with Gasteiger partial charge in [0.25, 0.3) is 5.91 Å². The number of nitrogens with two attached hydrogens (primary N) is 1. The number of nitrogens with zero attached hydrogens (tertiary/aromatic N) is 1. The number of aromatic nitrogens is 1. The number of methoxy groups -OCH3 is 2. The number of hydrogen-bond acceptors (Lipinski definition) is 6. The predicted octanol–water partition coefficient (Wildman–Crippen LogP) is 4.27. The average molecular weight is 398 g/mol. The molecular formula is C21H23N3O3S. The molecule has 0 fully saturated rings. The van der Waals surface area contributed by atoms with E-state index in [1.165, 1.54) is 16.9 Å². The van der Waals surface area contributed by atoms with Gasteiger partial charge in [-0.3, -0.25) is 4.79 Å². The van der Waals surface area contributed by atoms with Gasteiger partial charge in [0.15, 0.2) is 0 Å². The molecule has 1 amide bonds. The summed E-state index contributed by atoms with van der Waals surface area (Å²) in [6.45, 7) is 2.26. The van der Waals surface area contributed by atoms with E-state index in [4.69, 9.17) is 20.2 Å². The van der Waals surface area contributed by atoms with Crippen molar-refractivity contribution in [1.82, 2.24) is 4.98 Å². The van der Waals surface area contributed by atoms with Crippen LogP contribution in [0.3, 0.4) is 0 Å². The molecule has 0 aliphatic heterocycles. The molecule has 0 saturated heterocycles. The van der Waals surface area contributed by atoms with Crippen LogP contribution in [0.5, 0.6) is 11.5 Å². The van der Waals surface area contributed by atoms with E-state index in [9.17, 15) is 4.79 Å². The number of fused-ring (bicyclic) bond motifs is 2. The summed E-state index contributed by atoms with van der Waals surface area (Å²) >= 11 is 1.33. The summed E-state index contributed by atoms with van der Waals surface area (Å²) in [7, 11) is 3.13. The number of benzene rings is 1. The fourth-order valence-corrected chi connectivity index (χ4v) is 4.61. The molecule has 0 radical (unpaired) electrons. The number of nitrogen functional groups attached to an aromatic ring is 1. The lowest BCUT2D eigenvalue weighted by Gasteiger charge is -2.20. The van der Waals surface area contributed by atoms with E-state index in [0.717, 1.165) is 35.2 Å². The van der Waals surface area contributed by atoms with E-state index in [1.807, 2.05) is 0 Å². The lowest BCUT2D eigenvalue weighted by molar-refractivity contribution is 0.103. The van der Waals surface area contributed by atoms with Crippen LogP contribution < -0.4 is 20.5 Å². The molecule has 1 atom stereocenters. The predicted molar refractivity (Wildman–Crippen MR) is 113 cm³/mol. The van der Waals surface area contributed by atoms with Gasteiger partial charge >= 0.3 is 0 Å². The number of carbonyl (C=O) groups excluding carboxylic acids is 1. The number of thiophene rings is 1. The van der Waals surface area contributed by atoms with Crippen LogP contribution in [0.1, 0.15) is 34.3 Å². The van der Waals surface area contributed by atoms with Crippen LogP contribution >= 0.6 is 11.3 Å². The summed E-state index contributed by atoms with van der Waals surface area (Å²) in [5.74, 6) is 1.56. The lowest BCUT2D eigenvalue weighted by Crippen LogP contribution is -2.13. The Morgan fingerprint density at radius 1 is 1.29 bits per heavy atom. The summed E-state index contributed by atoms with van der Waals surface area (Å²) in [6.07, 6.45) is 3.14. The summed E-state index contributed by atoms with van der Waals surface area (Å²) in [5, 5.41) is 3.76. The Morgan fingerprint density at radius 3 is 2.86 bits per heavy atom. The number of rotatable bonds is 4. The number of anilines is 2. The molecule has 1 aromatic carbocycles. The highest BCUT2D eigenvalue weighted by molar-refractivity contribution is 7.21. The molecule has 0 bridgehead atoms.